The largest absolute Gasteiger partial charge is 0.436 e. The van der Waals surface area contributed by atoms with Gasteiger partial charge in [0.2, 0.25) is 5.88 Å². The molecule has 0 aliphatic carbocycles. The van der Waals surface area contributed by atoms with Gasteiger partial charge in [-0.15, -0.1) is 0 Å². The third-order valence-electron chi connectivity index (χ3n) is 2.48. The molecule has 0 atom stereocenters. The minimum atomic E-state index is -0.572. The monoisotopic (exact) mass is 326 g/mol. The summed E-state index contributed by atoms with van der Waals surface area (Å²) >= 11 is 11.9. The Kier molecular flexibility index (Phi) is 4.25. The lowest BCUT2D eigenvalue weighted by Gasteiger charge is -2.10. The zero-order valence-corrected chi connectivity index (χ0v) is 11.9. The Bertz CT molecular complexity index is 736. The lowest BCUT2D eigenvalue weighted by atomic mass is 10.2. The van der Waals surface area contributed by atoms with E-state index in [0.29, 0.717) is 0 Å². The summed E-state index contributed by atoms with van der Waals surface area (Å²) in [6, 6.07) is 5.19. The third kappa shape index (κ3) is 3.21. The number of hydrogen-bond donors (Lipinski definition) is 2. The topological polar surface area (TPSA) is 115 Å². The van der Waals surface area contributed by atoms with Crippen LogP contribution >= 0.6 is 23.2 Å². The Morgan fingerprint density at radius 1 is 1.38 bits per heavy atom. The molecule has 21 heavy (non-hydrogen) atoms. The summed E-state index contributed by atoms with van der Waals surface area (Å²) in [6.45, 7) is 0. The van der Waals surface area contributed by atoms with Crippen LogP contribution in [-0.2, 0) is 0 Å². The molecule has 0 aliphatic heterocycles. The Labute approximate surface area is 128 Å². The first-order valence-corrected chi connectivity index (χ1v) is 6.26. The maximum absolute atomic E-state index is 10.6. The number of rotatable bonds is 4. The molecule has 1 aromatic carbocycles. The zero-order valence-electron chi connectivity index (χ0n) is 10.3. The van der Waals surface area contributed by atoms with Crippen molar-refractivity contribution < 1.29 is 9.66 Å². The first-order valence-electron chi connectivity index (χ1n) is 5.51. The molecule has 0 radical (unpaired) electrons. The number of ether oxygens (including phenoxy) is 1. The molecule has 0 saturated carbocycles. The number of amidine groups is 1. The van der Waals surface area contributed by atoms with E-state index in [-0.39, 0.29) is 38.8 Å². The van der Waals surface area contributed by atoms with E-state index in [9.17, 15) is 10.1 Å². The molecule has 1 heterocycles. The van der Waals surface area contributed by atoms with Gasteiger partial charge in [0.1, 0.15) is 16.6 Å². The number of nitro groups is 1. The predicted octanol–water partition coefficient (Wildman–Crippen LogP) is 3.37. The fourth-order valence-electron chi connectivity index (χ4n) is 1.49. The zero-order chi connectivity index (χ0) is 15.6. The van der Waals surface area contributed by atoms with Gasteiger partial charge in [-0.1, -0.05) is 23.2 Å². The van der Waals surface area contributed by atoms with Crippen molar-refractivity contribution in [2.45, 2.75) is 0 Å². The highest BCUT2D eigenvalue weighted by molar-refractivity contribution is 6.35. The van der Waals surface area contributed by atoms with Crippen molar-refractivity contribution in [2.24, 2.45) is 5.73 Å². The Balaban J connectivity index is 2.37. The van der Waals surface area contributed by atoms with Crippen molar-refractivity contribution in [3.05, 3.63) is 56.2 Å². The molecule has 0 spiro atoms. The van der Waals surface area contributed by atoms with Crippen LogP contribution < -0.4 is 10.5 Å². The standard InChI is InChI=1S/C12H8Cl2N4O3/c13-8-5-6(18(19)20)1-2-9(8)21-12-10(14)7(11(15)16)3-4-17-12/h1-5H,(H3,15,16). The van der Waals surface area contributed by atoms with Gasteiger partial charge in [-0.3, -0.25) is 15.5 Å². The van der Waals surface area contributed by atoms with Crippen molar-refractivity contribution in [1.82, 2.24) is 4.98 Å². The number of nitro benzene ring substituents is 1. The molecule has 0 aliphatic rings. The van der Waals surface area contributed by atoms with Gasteiger partial charge in [0.05, 0.1) is 9.95 Å². The minimum Gasteiger partial charge on any atom is -0.436 e. The summed E-state index contributed by atoms with van der Waals surface area (Å²) in [5.74, 6) is -0.0838. The maximum atomic E-state index is 10.6. The highest BCUT2D eigenvalue weighted by Gasteiger charge is 2.15. The maximum Gasteiger partial charge on any atom is 0.271 e. The van der Waals surface area contributed by atoms with E-state index in [1.165, 1.54) is 24.4 Å². The SMILES string of the molecule is N=C(N)c1ccnc(Oc2ccc([N+](=O)[O-])cc2Cl)c1Cl. The summed E-state index contributed by atoms with van der Waals surface area (Å²) in [5.41, 5.74) is 5.47. The van der Waals surface area contributed by atoms with Crippen LogP contribution in [0.25, 0.3) is 0 Å². The van der Waals surface area contributed by atoms with Crippen molar-refractivity contribution in [2.75, 3.05) is 0 Å². The van der Waals surface area contributed by atoms with Crippen molar-refractivity contribution >= 4 is 34.7 Å². The van der Waals surface area contributed by atoms with Gasteiger partial charge in [0.25, 0.3) is 5.69 Å². The summed E-state index contributed by atoms with van der Waals surface area (Å²) in [7, 11) is 0. The summed E-state index contributed by atoms with van der Waals surface area (Å²) in [4.78, 5) is 14.0. The van der Waals surface area contributed by atoms with Crippen molar-refractivity contribution in [1.29, 1.82) is 5.41 Å². The van der Waals surface area contributed by atoms with Crippen molar-refractivity contribution in [3.63, 3.8) is 0 Å². The van der Waals surface area contributed by atoms with E-state index in [1.807, 2.05) is 0 Å². The van der Waals surface area contributed by atoms with E-state index < -0.39 is 4.92 Å². The molecule has 1 aromatic heterocycles. The Morgan fingerprint density at radius 3 is 2.67 bits per heavy atom. The normalized spacial score (nSPS) is 10.2. The second kappa shape index (κ2) is 5.94. The number of aromatic nitrogens is 1. The fraction of sp³-hybridized carbons (Fsp3) is 0. The first-order chi connectivity index (χ1) is 9.90. The number of nitrogens with zero attached hydrogens (tertiary/aromatic N) is 2. The molecular formula is C12H8Cl2N4O3. The van der Waals surface area contributed by atoms with Crippen LogP contribution in [0.15, 0.2) is 30.5 Å². The van der Waals surface area contributed by atoms with Gasteiger partial charge in [0.15, 0.2) is 0 Å². The van der Waals surface area contributed by atoms with Gasteiger partial charge >= 0.3 is 0 Å². The molecule has 0 bridgehead atoms. The molecule has 9 heteroatoms. The second-order valence-corrected chi connectivity index (χ2v) is 4.65. The van der Waals surface area contributed by atoms with Crippen LogP contribution in [0.4, 0.5) is 5.69 Å². The summed E-state index contributed by atoms with van der Waals surface area (Å²) in [6.07, 6.45) is 1.37. The Morgan fingerprint density at radius 2 is 2.10 bits per heavy atom. The number of nitrogens with one attached hydrogen (secondary N) is 1. The summed E-state index contributed by atoms with van der Waals surface area (Å²) in [5, 5.41) is 18.1. The van der Waals surface area contributed by atoms with Gasteiger partial charge in [-0.25, -0.2) is 4.98 Å². The van der Waals surface area contributed by atoms with Crippen LogP contribution in [0.1, 0.15) is 5.56 Å². The van der Waals surface area contributed by atoms with Crippen LogP contribution in [0, 0.1) is 15.5 Å². The highest BCUT2D eigenvalue weighted by Crippen LogP contribution is 2.35. The van der Waals surface area contributed by atoms with Gasteiger partial charge in [-0.05, 0) is 12.1 Å². The minimum absolute atomic E-state index is 0.000111. The highest BCUT2D eigenvalue weighted by atomic mass is 35.5. The Hall–Kier alpha value is -2.38. The van der Waals surface area contributed by atoms with E-state index in [0.717, 1.165) is 6.07 Å². The predicted molar refractivity (Wildman–Crippen MR) is 78.4 cm³/mol. The molecule has 2 aromatic rings. The number of halogens is 2. The van der Waals surface area contributed by atoms with Gasteiger partial charge < -0.3 is 10.5 Å². The molecule has 3 N–H and O–H groups in total. The van der Waals surface area contributed by atoms with Crippen LogP contribution in [-0.4, -0.2) is 15.7 Å². The number of pyridine rings is 1. The van der Waals surface area contributed by atoms with Crippen molar-refractivity contribution in [3.8, 4) is 11.6 Å². The molecule has 0 amide bonds. The second-order valence-electron chi connectivity index (χ2n) is 3.87. The van der Waals surface area contributed by atoms with E-state index in [4.69, 9.17) is 39.1 Å². The number of hydrogen-bond acceptors (Lipinski definition) is 5. The lowest BCUT2D eigenvalue weighted by Crippen LogP contribution is -2.12. The number of nitrogens with two attached hydrogens (primary N) is 1. The van der Waals surface area contributed by atoms with Gasteiger partial charge in [0, 0.05) is 23.9 Å². The number of non-ortho nitro benzene ring substituents is 1. The molecule has 0 saturated heterocycles. The van der Waals surface area contributed by atoms with Crippen LogP contribution in [0.3, 0.4) is 0 Å². The molecule has 7 nitrogen and oxygen atoms in total. The molecule has 2 rings (SSSR count). The third-order valence-corrected chi connectivity index (χ3v) is 3.14. The summed E-state index contributed by atoms with van der Waals surface area (Å²) < 4.78 is 5.42. The fourth-order valence-corrected chi connectivity index (χ4v) is 1.96. The molecule has 0 fully saturated rings. The molecule has 108 valence electrons. The van der Waals surface area contributed by atoms with Gasteiger partial charge in [-0.2, -0.15) is 0 Å². The van der Waals surface area contributed by atoms with E-state index in [2.05, 4.69) is 4.98 Å². The first kappa shape index (κ1) is 15.0. The van der Waals surface area contributed by atoms with E-state index in [1.54, 1.807) is 0 Å². The average molecular weight is 327 g/mol. The lowest BCUT2D eigenvalue weighted by molar-refractivity contribution is -0.384. The number of benzene rings is 1. The quantitative estimate of drug-likeness (QED) is 0.386. The van der Waals surface area contributed by atoms with E-state index >= 15 is 0 Å². The molecule has 0 unspecified atom stereocenters. The van der Waals surface area contributed by atoms with Crippen LogP contribution in [0.2, 0.25) is 10.0 Å². The number of nitrogen functional groups attached to an aromatic ring is 1. The van der Waals surface area contributed by atoms with Crippen LogP contribution in [0.5, 0.6) is 11.6 Å². The smallest absolute Gasteiger partial charge is 0.271 e. The molecular weight excluding hydrogens is 319 g/mol. The average Bonchev–Trinajstić information content (AvgIpc) is 2.42.